The van der Waals surface area contributed by atoms with Gasteiger partial charge in [-0.3, -0.25) is 4.90 Å². The van der Waals surface area contributed by atoms with E-state index in [9.17, 15) is 5.11 Å². The van der Waals surface area contributed by atoms with Crippen LogP contribution in [0.2, 0.25) is 0 Å². The van der Waals surface area contributed by atoms with Gasteiger partial charge in [-0.15, -0.1) is 0 Å². The second kappa shape index (κ2) is 7.36. The molecule has 1 aromatic heterocycles. The number of rotatable bonds is 5. The first-order chi connectivity index (χ1) is 11.6. The molecule has 0 radical (unpaired) electrons. The first-order valence-electron chi connectivity index (χ1n) is 8.58. The van der Waals surface area contributed by atoms with E-state index in [1.54, 1.807) is 7.11 Å². The zero-order chi connectivity index (χ0) is 17.1. The Morgan fingerprint density at radius 1 is 1.33 bits per heavy atom. The lowest BCUT2D eigenvalue weighted by molar-refractivity contribution is 0.0828. The summed E-state index contributed by atoms with van der Waals surface area (Å²) in [5, 5.41) is 9.57. The predicted octanol–water partition coefficient (Wildman–Crippen LogP) is 3.31. The molecule has 2 aromatic rings. The van der Waals surface area contributed by atoms with Gasteiger partial charge in [-0.2, -0.15) is 0 Å². The Kier molecular flexibility index (Phi) is 5.21. The number of likely N-dealkylation sites (tertiary alicyclic amines) is 1. The van der Waals surface area contributed by atoms with E-state index in [-0.39, 0.29) is 12.6 Å². The van der Waals surface area contributed by atoms with Crippen molar-refractivity contribution < 1.29 is 14.3 Å². The third kappa shape index (κ3) is 3.47. The number of methoxy groups -OCH3 is 1. The molecule has 1 aliphatic rings. The Bertz CT molecular complexity index is 696. The zero-order valence-corrected chi connectivity index (χ0v) is 14.7. The summed E-state index contributed by atoms with van der Waals surface area (Å²) in [6.45, 7) is 5.92. The molecule has 0 spiro atoms. The third-order valence-corrected chi connectivity index (χ3v) is 4.85. The second-order valence-electron chi connectivity index (χ2n) is 6.51. The summed E-state index contributed by atoms with van der Waals surface area (Å²) in [5.74, 6) is 2.35. The van der Waals surface area contributed by atoms with E-state index in [0.29, 0.717) is 5.89 Å². The standard InChI is InChI=1S/C19H26N2O3/c1-13-10-15(7-8-18(13)23-3)19-20-17(14(2)24-19)11-21-9-5-4-6-16(21)12-22/h7-8,10,16,22H,4-6,9,11-12H2,1-3H3/t16-/m1/s1. The summed E-state index contributed by atoms with van der Waals surface area (Å²) in [5.41, 5.74) is 2.97. The number of oxazole rings is 1. The average molecular weight is 330 g/mol. The van der Waals surface area contributed by atoms with Gasteiger partial charge in [0.25, 0.3) is 0 Å². The summed E-state index contributed by atoms with van der Waals surface area (Å²) >= 11 is 0. The van der Waals surface area contributed by atoms with Crippen molar-refractivity contribution >= 4 is 0 Å². The smallest absolute Gasteiger partial charge is 0.226 e. The molecule has 1 fully saturated rings. The Labute approximate surface area is 143 Å². The van der Waals surface area contributed by atoms with Gasteiger partial charge in [-0.1, -0.05) is 6.42 Å². The van der Waals surface area contributed by atoms with Crippen LogP contribution in [0.3, 0.4) is 0 Å². The van der Waals surface area contributed by atoms with Crippen LogP contribution in [0.15, 0.2) is 22.6 Å². The van der Waals surface area contributed by atoms with Crippen molar-refractivity contribution in [1.29, 1.82) is 0 Å². The van der Waals surface area contributed by atoms with Gasteiger partial charge in [0, 0.05) is 18.2 Å². The Morgan fingerprint density at radius 3 is 2.88 bits per heavy atom. The average Bonchev–Trinajstić information content (AvgIpc) is 2.96. The van der Waals surface area contributed by atoms with Crippen LogP contribution >= 0.6 is 0 Å². The maximum Gasteiger partial charge on any atom is 0.226 e. The summed E-state index contributed by atoms with van der Waals surface area (Å²) < 4.78 is 11.2. The number of hydrogen-bond acceptors (Lipinski definition) is 5. The Morgan fingerprint density at radius 2 is 2.17 bits per heavy atom. The van der Waals surface area contributed by atoms with Crippen LogP contribution in [0.4, 0.5) is 0 Å². The molecule has 5 heteroatoms. The van der Waals surface area contributed by atoms with Gasteiger partial charge in [-0.25, -0.2) is 4.98 Å². The molecule has 0 amide bonds. The predicted molar refractivity (Wildman–Crippen MR) is 93.1 cm³/mol. The fourth-order valence-corrected chi connectivity index (χ4v) is 3.38. The van der Waals surface area contributed by atoms with E-state index in [2.05, 4.69) is 4.90 Å². The molecule has 3 rings (SSSR count). The highest BCUT2D eigenvalue weighted by atomic mass is 16.5. The lowest BCUT2D eigenvalue weighted by Gasteiger charge is -2.33. The number of piperidine rings is 1. The molecule has 0 saturated carbocycles. The third-order valence-electron chi connectivity index (χ3n) is 4.85. The first kappa shape index (κ1) is 17.0. The van der Waals surface area contributed by atoms with Crippen LogP contribution in [0, 0.1) is 13.8 Å². The minimum Gasteiger partial charge on any atom is -0.496 e. The molecule has 0 aliphatic carbocycles. The first-order valence-corrected chi connectivity index (χ1v) is 8.58. The van der Waals surface area contributed by atoms with Crippen LogP contribution < -0.4 is 4.74 Å². The molecule has 1 aromatic carbocycles. The Hall–Kier alpha value is -1.85. The van der Waals surface area contributed by atoms with Crippen LogP contribution in [0.25, 0.3) is 11.5 Å². The highest BCUT2D eigenvalue weighted by Crippen LogP contribution is 2.28. The lowest BCUT2D eigenvalue weighted by Crippen LogP contribution is -2.41. The molecular weight excluding hydrogens is 304 g/mol. The highest BCUT2D eigenvalue weighted by Gasteiger charge is 2.24. The molecule has 1 saturated heterocycles. The largest absolute Gasteiger partial charge is 0.496 e. The van der Waals surface area contributed by atoms with Crippen molar-refractivity contribution in [2.45, 2.75) is 45.7 Å². The fraction of sp³-hybridized carbons (Fsp3) is 0.526. The maximum absolute atomic E-state index is 9.57. The normalized spacial score (nSPS) is 18.8. The topological polar surface area (TPSA) is 58.7 Å². The van der Waals surface area contributed by atoms with Crippen LogP contribution in [-0.4, -0.2) is 41.3 Å². The molecular formula is C19H26N2O3. The molecule has 0 unspecified atom stereocenters. The molecule has 1 aliphatic heterocycles. The molecule has 24 heavy (non-hydrogen) atoms. The quantitative estimate of drug-likeness (QED) is 0.911. The molecule has 5 nitrogen and oxygen atoms in total. The molecule has 2 heterocycles. The van der Waals surface area contributed by atoms with Gasteiger partial charge in [0.1, 0.15) is 11.5 Å². The van der Waals surface area contributed by atoms with Crippen molar-refractivity contribution in [3.63, 3.8) is 0 Å². The number of benzene rings is 1. The van der Waals surface area contributed by atoms with Crippen molar-refractivity contribution in [3.8, 4) is 17.2 Å². The monoisotopic (exact) mass is 330 g/mol. The van der Waals surface area contributed by atoms with Gasteiger partial charge in [0.2, 0.25) is 5.89 Å². The molecule has 1 N–H and O–H groups in total. The van der Waals surface area contributed by atoms with Crippen molar-refractivity contribution in [1.82, 2.24) is 9.88 Å². The van der Waals surface area contributed by atoms with E-state index in [1.165, 1.54) is 12.8 Å². The van der Waals surface area contributed by atoms with Crippen molar-refractivity contribution in [2.75, 3.05) is 20.3 Å². The summed E-state index contributed by atoms with van der Waals surface area (Å²) in [7, 11) is 1.67. The number of aryl methyl sites for hydroxylation is 2. The summed E-state index contributed by atoms with van der Waals surface area (Å²) in [4.78, 5) is 7.03. The SMILES string of the molecule is COc1ccc(-c2nc(CN3CCCC[C@@H]3CO)c(C)o2)cc1C. The van der Waals surface area contributed by atoms with Crippen LogP contribution in [0.5, 0.6) is 5.75 Å². The van der Waals surface area contributed by atoms with Crippen molar-refractivity contribution in [2.24, 2.45) is 0 Å². The minimum absolute atomic E-state index is 0.210. The molecule has 130 valence electrons. The second-order valence-corrected chi connectivity index (χ2v) is 6.51. The number of nitrogens with zero attached hydrogens (tertiary/aromatic N) is 2. The Balaban J connectivity index is 1.81. The maximum atomic E-state index is 9.57. The van der Waals surface area contributed by atoms with Crippen LogP contribution in [-0.2, 0) is 6.54 Å². The van der Waals surface area contributed by atoms with Gasteiger partial charge in [-0.05, 0) is 57.0 Å². The number of ether oxygens (including phenoxy) is 1. The number of aliphatic hydroxyl groups is 1. The number of hydrogen-bond donors (Lipinski definition) is 1. The van der Waals surface area contributed by atoms with Gasteiger partial charge in [0.05, 0.1) is 19.4 Å². The van der Waals surface area contributed by atoms with E-state index >= 15 is 0 Å². The molecule has 0 bridgehead atoms. The highest BCUT2D eigenvalue weighted by molar-refractivity contribution is 5.57. The van der Waals surface area contributed by atoms with E-state index < -0.39 is 0 Å². The van der Waals surface area contributed by atoms with Gasteiger partial charge in [0.15, 0.2) is 0 Å². The fourth-order valence-electron chi connectivity index (χ4n) is 3.38. The van der Waals surface area contributed by atoms with Gasteiger partial charge >= 0.3 is 0 Å². The summed E-state index contributed by atoms with van der Waals surface area (Å²) in [6, 6.07) is 6.18. The zero-order valence-electron chi connectivity index (χ0n) is 14.7. The van der Waals surface area contributed by atoms with Gasteiger partial charge < -0.3 is 14.3 Å². The number of aliphatic hydroxyl groups excluding tert-OH is 1. The summed E-state index contributed by atoms with van der Waals surface area (Å²) in [6.07, 6.45) is 3.42. The lowest BCUT2D eigenvalue weighted by atomic mass is 10.0. The van der Waals surface area contributed by atoms with E-state index in [0.717, 1.165) is 47.8 Å². The van der Waals surface area contributed by atoms with E-state index in [1.807, 2.05) is 32.0 Å². The van der Waals surface area contributed by atoms with Crippen LogP contribution in [0.1, 0.15) is 36.3 Å². The van der Waals surface area contributed by atoms with E-state index in [4.69, 9.17) is 14.1 Å². The van der Waals surface area contributed by atoms with Crippen molar-refractivity contribution in [3.05, 3.63) is 35.2 Å². The molecule has 1 atom stereocenters. The number of aromatic nitrogens is 1. The minimum atomic E-state index is 0.210.